The Morgan fingerprint density at radius 3 is 2.70 bits per heavy atom. The van der Waals surface area contributed by atoms with E-state index in [1.807, 2.05) is 0 Å². The molecule has 6 heteroatoms. The third kappa shape index (κ3) is 5.21. The largest absolute Gasteiger partial charge is 0.494 e. The van der Waals surface area contributed by atoms with Gasteiger partial charge in [0.05, 0.1) is 6.61 Å². The molecule has 0 saturated heterocycles. The second-order valence-electron chi connectivity index (χ2n) is 4.69. The van der Waals surface area contributed by atoms with Gasteiger partial charge in [0.15, 0.2) is 9.84 Å². The highest BCUT2D eigenvalue weighted by atomic mass is 32.2. The molecule has 1 rings (SSSR count). The van der Waals surface area contributed by atoms with Crippen molar-refractivity contribution in [3.63, 3.8) is 0 Å². The van der Waals surface area contributed by atoms with Gasteiger partial charge < -0.3 is 10.1 Å². The molecule has 0 aromatic heterocycles. The summed E-state index contributed by atoms with van der Waals surface area (Å²) < 4.78 is 28.2. The highest BCUT2D eigenvalue weighted by Gasteiger charge is 2.23. The standard InChI is InChI=1S/C14H21NO4S/c1-4-5-9-19-13-8-6-7-12(10-13)15-14(16)11(2)20(3,17)18/h6-8,10-11H,4-5,9H2,1-3H3,(H,15,16)/t11-/m0/s1. The fourth-order valence-corrected chi connectivity index (χ4v) is 1.88. The summed E-state index contributed by atoms with van der Waals surface area (Å²) in [5.74, 6) is 0.112. The molecule has 0 aliphatic carbocycles. The zero-order chi connectivity index (χ0) is 15.2. The van der Waals surface area contributed by atoms with Gasteiger partial charge in [0, 0.05) is 18.0 Å². The second-order valence-corrected chi connectivity index (χ2v) is 7.06. The smallest absolute Gasteiger partial charge is 0.242 e. The summed E-state index contributed by atoms with van der Waals surface area (Å²) in [5.41, 5.74) is 0.527. The van der Waals surface area contributed by atoms with E-state index >= 15 is 0 Å². The molecule has 112 valence electrons. The number of hydrogen-bond acceptors (Lipinski definition) is 4. The quantitative estimate of drug-likeness (QED) is 0.784. The number of ether oxygens (including phenoxy) is 1. The highest BCUT2D eigenvalue weighted by molar-refractivity contribution is 7.92. The summed E-state index contributed by atoms with van der Waals surface area (Å²) in [6, 6.07) is 6.93. The number of anilines is 1. The van der Waals surface area contributed by atoms with Crippen molar-refractivity contribution in [3.05, 3.63) is 24.3 Å². The van der Waals surface area contributed by atoms with Crippen LogP contribution in [-0.4, -0.2) is 32.4 Å². The van der Waals surface area contributed by atoms with Gasteiger partial charge >= 0.3 is 0 Å². The predicted molar refractivity (Wildman–Crippen MR) is 79.8 cm³/mol. The first-order chi connectivity index (χ1) is 9.34. The van der Waals surface area contributed by atoms with Gasteiger partial charge in [0.25, 0.3) is 0 Å². The van der Waals surface area contributed by atoms with Crippen LogP contribution >= 0.6 is 0 Å². The van der Waals surface area contributed by atoms with Gasteiger partial charge in [0.2, 0.25) is 5.91 Å². The first-order valence-electron chi connectivity index (χ1n) is 6.57. The third-order valence-corrected chi connectivity index (χ3v) is 4.38. The molecule has 5 nitrogen and oxygen atoms in total. The Labute approximate surface area is 120 Å². The minimum absolute atomic E-state index is 0.527. The molecule has 0 unspecified atom stereocenters. The van der Waals surface area contributed by atoms with E-state index in [0.29, 0.717) is 18.0 Å². The average molecular weight is 299 g/mol. The topological polar surface area (TPSA) is 72.5 Å². The number of nitrogens with one attached hydrogen (secondary N) is 1. The van der Waals surface area contributed by atoms with Gasteiger partial charge in [-0.05, 0) is 25.5 Å². The highest BCUT2D eigenvalue weighted by Crippen LogP contribution is 2.18. The number of hydrogen-bond donors (Lipinski definition) is 1. The molecule has 1 atom stereocenters. The van der Waals surface area contributed by atoms with E-state index in [9.17, 15) is 13.2 Å². The molecule has 0 fully saturated rings. The number of amides is 1. The lowest BCUT2D eigenvalue weighted by Gasteiger charge is -2.12. The fraction of sp³-hybridized carbons (Fsp3) is 0.500. The van der Waals surface area contributed by atoms with Crippen LogP contribution in [0.25, 0.3) is 0 Å². The molecule has 1 N–H and O–H groups in total. The molecule has 0 radical (unpaired) electrons. The van der Waals surface area contributed by atoms with Gasteiger partial charge in [-0.2, -0.15) is 0 Å². The summed E-state index contributed by atoms with van der Waals surface area (Å²) in [5, 5.41) is 1.50. The van der Waals surface area contributed by atoms with Gasteiger partial charge in [-0.15, -0.1) is 0 Å². The van der Waals surface area contributed by atoms with Crippen LogP contribution in [0, 0.1) is 0 Å². The van der Waals surface area contributed by atoms with E-state index < -0.39 is 21.0 Å². The molecule has 1 amide bonds. The molecular weight excluding hydrogens is 278 g/mol. The van der Waals surface area contributed by atoms with E-state index in [4.69, 9.17) is 4.74 Å². The fourth-order valence-electron chi connectivity index (χ4n) is 1.44. The van der Waals surface area contributed by atoms with Crippen molar-refractivity contribution in [1.82, 2.24) is 0 Å². The van der Waals surface area contributed by atoms with E-state index in [0.717, 1.165) is 19.1 Å². The van der Waals surface area contributed by atoms with E-state index in [1.165, 1.54) is 6.92 Å². The van der Waals surface area contributed by atoms with Crippen molar-refractivity contribution in [2.45, 2.75) is 31.9 Å². The number of carbonyl (C=O) groups is 1. The number of rotatable bonds is 7. The van der Waals surface area contributed by atoms with Crippen LogP contribution in [0.2, 0.25) is 0 Å². The Balaban J connectivity index is 2.68. The molecule has 0 aliphatic rings. The molecule has 0 bridgehead atoms. The SMILES string of the molecule is CCCCOc1cccc(NC(=O)[C@H](C)S(C)(=O)=O)c1. The minimum Gasteiger partial charge on any atom is -0.494 e. The lowest BCUT2D eigenvalue weighted by Crippen LogP contribution is -2.31. The Morgan fingerprint density at radius 1 is 1.40 bits per heavy atom. The van der Waals surface area contributed by atoms with Crippen molar-refractivity contribution >= 4 is 21.4 Å². The van der Waals surface area contributed by atoms with Crippen LogP contribution in [0.4, 0.5) is 5.69 Å². The third-order valence-electron chi connectivity index (χ3n) is 2.88. The van der Waals surface area contributed by atoms with Crippen molar-refractivity contribution < 1.29 is 17.9 Å². The monoisotopic (exact) mass is 299 g/mol. The summed E-state index contributed by atoms with van der Waals surface area (Å²) >= 11 is 0. The Morgan fingerprint density at radius 2 is 2.10 bits per heavy atom. The Bertz CT molecular complexity index is 554. The Kier molecular flexibility index (Phi) is 6.01. The van der Waals surface area contributed by atoms with Gasteiger partial charge in [-0.25, -0.2) is 8.42 Å². The second kappa shape index (κ2) is 7.28. The average Bonchev–Trinajstić information content (AvgIpc) is 2.37. The molecule has 1 aromatic rings. The maximum Gasteiger partial charge on any atom is 0.242 e. The van der Waals surface area contributed by atoms with Gasteiger partial charge in [-0.1, -0.05) is 19.4 Å². The number of carbonyl (C=O) groups excluding carboxylic acids is 1. The summed E-state index contributed by atoms with van der Waals surface area (Å²) in [4.78, 5) is 11.8. The lowest BCUT2D eigenvalue weighted by molar-refractivity contribution is -0.115. The van der Waals surface area contributed by atoms with Crippen molar-refractivity contribution in [2.24, 2.45) is 0 Å². The molecule has 0 aliphatic heterocycles. The van der Waals surface area contributed by atoms with Crippen LogP contribution in [0.1, 0.15) is 26.7 Å². The van der Waals surface area contributed by atoms with Gasteiger partial charge in [-0.3, -0.25) is 4.79 Å². The molecule has 0 spiro atoms. The molecule has 20 heavy (non-hydrogen) atoms. The summed E-state index contributed by atoms with van der Waals surface area (Å²) in [6.07, 6.45) is 3.05. The molecule has 0 saturated carbocycles. The number of sulfone groups is 1. The maximum atomic E-state index is 11.8. The zero-order valence-electron chi connectivity index (χ0n) is 12.0. The minimum atomic E-state index is -3.39. The molecule has 0 heterocycles. The van der Waals surface area contributed by atoms with Crippen molar-refractivity contribution in [1.29, 1.82) is 0 Å². The van der Waals surface area contributed by atoms with Crippen LogP contribution < -0.4 is 10.1 Å². The van der Waals surface area contributed by atoms with Crippen LogP contribution in [0.3, 0.4) is 0 Å². The summed E-state index contributed by atoms with van der Waals surface area (Å²) in [7, 11) is -3.39. The van der Waals surface area contributed by atoms with Crippen LogP contribution in [0.15, 0.2) is 24.3 Å². The van der Waals surface area contributed by atoms with Crippen LogP contribution in [-0.2, 0) is 14.6 Å². The normalized spacial score (nSPS) is 12.8. The first kappa shape index (κ1) is 16.5. The zero-order valence-corrected chi connectivity index (χ0v) is 12.9. The van der Waals surface area contributed by atoms with Crippen LogP contribution in [0.5, 0.6) is 5.75 Å². The number of unbranched alkanes of at least 4 members (excludes halogenated alkanes) is 1. The van der Waals surface area contributed by atoms with E-state index in [-0.39, 0.29) is 0 Å². The summed E-state index contributed by atoms with van der Waals surface area (Å²) in [6.45, 7) is 4.06. The van der Waals surface area contributed by atoms with Crippen molar-refractivity contribution in [3.8, 4) is 5.75 Å². The first-order valence-corrected chi connectivity index (χ1v) is 8.52. The molecular formula is C14H21NO4S. The van der Waals surface area contributed by atoms with E-state index in [2.05, 4.69) is 12.2 Å². The Hall–Kier alpha value is -1.56. The van der Waals surface area contributed by atoms with Gasteiger partial charge in [0.1, 0.15) is 11.0 Å². The lowest BCUT2D eigenvalue weighted by atomic mass is 10.3. The molecule has 1 aromatic carbocycles. The van der Waals surface area contributed by atoms with Crippen molar-refractivity contribution in [2.75, 3.05) is 18.2 Å². The number of benzene rings is 1. The maximum absolute atomic E-state index is 11.8. The predicted octanol–water partition coefficient (Wildman–Crippen LogP) is 2.24. The van der Waals surface area contributed by atoms with E-state index in [1.54, 1.807) is 24.3 Å².